The quantitative estimate of drug-likeness (QED) is 0.422. The minimum absolute atomic E-state index is 0.509. The molecule has 0 unspecified atom stereocenters. The lowest BCUT2D eigenvalue weighted by Gasteiger charge is -2.13. The zero-order valence-corrected chi connectivity index (χ0v) is 18.1. The number of methoxy groups -OCH3 is 2. The van der Waals surface area contributed by atoms with Gasteiger partial charge >= 0.3 is 0 Å². The highest BCUT2D eigenvalue weighted by molar-refractivity contribution is 6.30. The second kappa shape index (κ2) is 10.5. The van der Waals surface area contributed by atoms with E-state index in [0.29, 0.717) is 29.6 Å². The average molecular weight is 428 g/mol. The molecule has 30 heavy (non-hydrogen) atoms. The van der Waals surface area contributed by atoms with E-state index in [0.717, 1.165) is 29.3 Å². The molecule has 2 N–H and O–H groups in total. The number of guanidine groups is 1. The van der Waals surface area contributed by atoms with Crippen molar-refractivity contribution in [1.82, 2.24) is 20.4 Å². The number of ether oxygens (including phenoxy) is 2. The monoisotopic (exact) mass is 427 g/mol. The summed E-state index contributed by atoms with van der Waals surface area (Å²) >= 11 is 5.95. The molecule has 8 heteroatoms. The highest BCUT2D eigenvalue weighted by atomic mass is 35.5. The van der Waals surface area contributed by atoms with Crippen LogP contribution in [-0.2, 0) is 13.1 Å². The van der Waals surface area contributed by atoms with Gasteiger partial charge in [0.05, 0.1) is 32.6 Å². The molecule has 0 bridgehead atoms. The minimum atomic E-state index is 0.509. The van der Waals surface area contributed by atoms with Crippen LogP contribution in [-0.4, -0.2) is 36.5 Å². The van der Waals surface area contributed by atoms with Crippen LogP contribution in [0, 0.1) is 0 Å². The Bertz CT molecular complexity index is 985. The molecule has 158 valence electrons. The Balaban J connectivity index is 1.64. The summed E-state index contributed by atoms with van der Waals surface area (Å²) in [5, 5.41) is 11.7. The molecule has 1 aromatic heterocycles. The number of benzene rings is 2. The Hall–Kier alpha value is -3.19. The molecule has 0 saturated heterocycles. The van der Waals surface area contributed by atoms with Crippen LogP contribution in [0.4, 0.5) is 0 Å². The molecule has 7 nitrogen and oxygen atoms in total. The molecule has 3 rings (SSSR count). The first kappa shape index (κ1) is 21.5. The molecule has 0 aliphatic rings. The third kappa shape index (κ3) is 5.67. The van der Waals surface area contributed by atoms with Gasteiger partial charge in [-0.15, -0.1) is 0 Å². The van der Waals surface area contributed by atoms with Crippen LogP contribution in [0.5, 0.6) is 11.5 Å². The molecule has 0 saturated carbocycles. The standard InChI is InChI=1S/C22H26ClN5O2/c1-4-24-22(25-12-16-5-10-20(29-2)21(11-16)30-3)26-13-17-14-27-28(15-17)19-8-6-18(23)7-9-19/h5-11,14-15H,4,12-13H2,1-3H3,(H2,24,25,26). The van der Waals surface area contributed by atoms with Crippen molar-refractivity contribution in [2.45, 2.75) is 20.0 Å². The molecule has 0 atom stereocenters. The first-order valence-electron chi connectivity index (χ1n) is 9.65. The van der Waals surface area contributed by atoms with Crippen molar-refractivity contribution in [3.63, 3.8) is 0 Å². The summed E-state index contributed by atoms with van der Waals surface area (Å²) in [4.78, 5) is 4.66. The summed E-state index contributed by atoms with van der Waals surface area (Å²) in [6.45, 7) is 3.92. The molecule has 0 aliphatic carbocycles. The fraction of sp³-hybridized carbons (Fsp3) is 0.273. The van der Waals surface area contributed by atoms with Gasteiger partial charge in [0, 0.05) is 29.9 Å². The van der Waals surface area contributed by atoms with Gasteiger partial charge in [0.1, 0.15) is 0 Å². The molecule has 3 aromatic rings. The predicted octanol–water partition coefficient (Wildman–Crippen LogP) is 3.80. The van der Waals surface area contributed by atoms with E-state index in [1.807, 2.05) is 66.5 Å². The maximum absolute atomic E-state index is 5.95. The maximum Gasteiger partial charge on any atom is 0.191 e. The first-order valence-corrected chi connectivity index (χ1v) is 10.0. The molecule has 0 radical (unpaired) electrons. The SMILES string of the molecule is CCNC(=NCc1cnn(-c2ccc(Cl)cc2)c1)NCc1ccc(OC)c(OC)c1. The van der Waals surface area contributed by atoms with E-state index in [2.05, 4.69) is 20.7 Å². The van der Waals surface area contributed by atoms with Gasteiger partial charge < -0.3 is 20.1 Å². The van der Waals surface area contributed by atoms with Crippen LogP contribution in [0.1, 0.15) is 18.1 Å². The molecule has 1 heterocycles. The van der Waals surface area contributed by atoms with Gasteiger partial charge in [0.25, 0.3) is 0 Å². The lowest BCUT2D eigenvalue weighted by Crippen LogP contribution is -2.36. The zero-order chi connectivity index (χ0) is 21.3. The second-order valence-electron chi connectivity index (χ2n) is 6.51. The van der Waals surface area contributed by atoms with Gasteiger partial charge in [-0.2, -0.15) is 5.10 Å². The lowest BCUT2D eigenvalue weighted by atomic mass is 10.2. The van der Waals surface area contributed by atoms with Gasteiger partial charge in [0.2, 0.25) is 0 Å². The van der Waals surface area contributed by atoms with E-state index in [1.165, 1.54) is 0 Å². The van der Waals surface area contributed by atoms with Crippen LogP contribution < -0.4 is 20.1 Å². The largest absolute Gasteiger partial charge is 0.493 e. The summed E-state index contributed by atoms with van der Waals surface area (Å²) in [6.07, 6.45) is 3.78. The highest BCUT2D eigenvalue weighted by Gasteiger charge is 2.06. The van der Waals surface area contributed by atoms with E-state index in [1.54, 1.807) is 14.2 Å². The van der Waals surface area contributed by atoms with Crippen molar-refractivity contribution in [2.75, 3.05) is 20.8 Å². The first-order chi connectivity index (χ1) is 14.6. The number of hydrogen-bond donors (Lipinski definition) is 2. The number of aromatic nitrogens is 2. The van der Waals surface area contributed by atoms with Crippen molar-refractivity contribution >= 4 is 17.6 Å². The number of aliphatic imine (C=N–C) groups is 1. The Kier molecular flexibility index (Phi) is 7.57. The molecule has 2 aromatic carbocycles. The average Bonchev–Trinajstić information content (AvgIpc) is 3.25. The molecule has 0 spiro atoms. The van der Waals surface area contributed by atoms with Gasteiger partial charge in [-0.1, -0.05) is 17.7 Å². The van der Waals surface area contributed by atoms with Crippen LogP contribution in [0.15, 0.2) is 59.9 Å². The van der Waals surface area contributed by atoms with Crippen molar-refractivity contribution in [1.29, 1.82) is 0 Å². The van der Waals surface area contributed by atoms with E-state index < -0.39 is 0 Å². The topological polar surface area (TPSA) is 72.7 Å². The summed E-state index contributed by atoms with van der Waals surface area (Å²) < 4.78 is 12.5. The third-order valence-electron chi connectivity index (χ3n) is 4.40. The molecular formula is C22H26ClN5O2. The third-order valence-corrected chi connectivity index (χ3v) is 4.65. The van der Waals surface area contributed by atoms with E-state index in [9.17, 15) is 0 Å². The lowest BCUT2D eigenvalue weighted by molar-refractivity contribution is 0.354. The molecule has 0 aliphatic heterocycles. The highest BCUT2D eigenvalue weighted by Crippen LogP contribution is 2.27. The Morgan fingerprint density at radius 1 is 1.03 bits per heavy atom. The number of halogens is 1. The molecule has 0 amide bonds. The smallest absolute Gasteiger partial charge is 0.191 e. The van der Waals surface area contributed by atoms with Crippen molar-refractivity contribution in [2.24, 2.45) is 4.99 Å². The summed E-state index contributed by atoms with van der Waals surface area (Å²) in [5.41, 5.74) is 3.02. The zero-order valence-electron chi connectivity index (χ0n) is 17.4. The van der Waals surface area contributed by atoms with Crippen LogP contribution in [0.3, 0.4) is 0 Å². The predicted molar refractivity (Wildman–Crippen MR) is 120 cm³/mol. The van der Waals surface area contributed by atoms with Crippen molar-refractivity contribution in [3.8, 4) is 17.2 Å². The number of rotatable bonds is 8. The fourth-order valence-corrected chi connectivity index (χ4v) is 2.99. The summed E-state index contributed by atoms with van der Waals surface area (Å²) in [5.74, 6) is 2.14. The number of nitrogens with zero attached hydrogens (tertiary/aromatic N) is 3. The molecular weight excluding hydrogens is 402 g/mol. The normalized spacial score (nSPS) is 11.3. The van der Waals surface area contributed by atoms with Crippen LogP contribution in [0.25, 0.3) is 5.69 Å². The van der Waals surface area contributed by atoms with Gasteiger partial charge in [0.15, 0.2) is 17.5 Å². The summed E-state index contributed by atoms with van der Waals surface area (Å²) in [7, 11) is 3.26. The van der Waals surface area contributed by atoms with Crippen molar-refractivity contribution in [3.05, 3.63) is 71.0 Å². The number of nitrogens with one attached hydrogen (secondary N) is 2. The maximum atomic E-state index is 5.95. The van der Waals surface area contributed by atoms with Gasteiger partial charge in [-0.05, 0) is 48.9 Å². The second-order valence-corrected chi connectivity index (χ2v) is 6.94. The van der Waals surface area contributed by atoms with Gasteiger partial charge in [-0.3, -0.25) is 0 Å². The molecule has 0 fully saturated rings. The summed E-state index contributed by atoms with van der Waals surface area (Å²) in [6, 6.07) is 13.4. The van der Waals surface area contributed by atoms with Crippen LogP contribution in [0.2, 0.25) is 5.02 Å². The van der Waals surface area contributed by atoms with Gasteiger partial charge in [-0.25, -0.2) is 9.67 Å². The Morgan fingerprint density at radius 2 is 1.80 bits per heavy atom. The minimum Gasteiger partial charge on any atom is -0.493 e. The van der Waals surface area contributed by atoms with E-state index >= 15 is 0 Å². The number of hydrogen-bond acceptors (Lipinski definition) is 4. The fourth-order valence-electron chi connectivity index (χ4n) is 2.87. The van der Waals surface area contributed by atoms with Crippen molar-refractivity contribution < 1.29 is 9.47 Å². The Labute approximate surface area is 181 Å². The van der Waals surface area contributed by atoms with E-state index in [-0.39, 0.29) is 0 Å². The Morgan fingerprint density at radius 3 is 2.50 bits per heavy atom. The van der Waals surface area contributed by atoms with E-state index in [4.69, 9.17) is 21.1 Å². The van der Waals surface area contributed by atoms with Crippen LogP contribution >= 0.6 is 11.6 Å².